The van der Waals surface area contributed by atoms with Gasteiger partial charge in [-0.15, -0.1) is 0 Å². The molecule has 6 heteroatoms. The van der Waals surface area contributed by atoms with Gasteiger partial charge in [0.1, 0.15) is 17.3 Å². The smallest absolute Gasteiger partial charge is 0.346 e. The van der Waals surface area contributed by atoms with Crippen molar-refractivity contribution in [3.8, 4) is 0 Å². The molecule has 24 heavy (non-hydrogen) atoms. The quantitative estimate of drug-likeness (QED) is 0.514. The molecule has 0 atom stereocenters. The molecule has 0 saturated heterocycles. The second-order valence-corrected chi connectivity index (χ2v) is 5.07. The van der Waals surface area contributed by atoms with Crippen molar-refractivity contribution in [2.45, 2.75) is 6.18 Å². The Morgan fingerprint density at radius 1 is 1.00 bits per heavy atom. The highest BCUT2D eigenvalue weighted by atomic mass is 19.4. The minimum atomic E-state index is -4.52. The molecule has 2 rings (SSSR count). The molecular formula is C18H14F5N. The van der Waals surface area contributed by atoms with Crippen molar-refractivity contribution in [3.63, 3.8) is 0 Å². The topological polar surface area (TPSA) is 3.24 Å². The molecule has 0 aromatic heterocycles. The molecule has 2 aromatic rings. The number of nitrogens with zero attached hydrogens (tertiary/aromatic N) is 1. The first kappa shape index (κ1) is 17.7. The monoisotopic (exact) mass is 339 g/mol. The molecule has 0 aliphatic carbocycles. The maximum absolute atomic E-state index is 13.7. The average Bonchev–Trinajstić information content (AvgIpc) is 2.51. The zero-order chi connectivity index (χ0) is 17.9. The van der Waals surface area contributed by atoms with Crippen molar-refractivity contribution < 1.29 is 22.0 Å². The molecule has 0 radical (unpaired) electrons. The van der Waals surface area contributed by atoms with Crippen molar-refractivity contribution in [1.82, 2.24) is 0 Å². The van der Waals surface area contributed by atoms with Crippen LogP contribution in [0.4, 0.5) is 27.6 Å². The Labute approximate surface area is 136 Å². The van der Waals surface area contributed by atoms with Crippen molar-refractivity contribution in [2.75, 3.05) is 11.9 Å². The normalized spacial score (nSPS) is 11.8. The van der Waals surface area contributed by atoms with Crippen molar-refractivity contribution in [3.05, 3.63) is 84.1 Å². The largest absolute Gasteiger partial charge is 0.417 e. The van der Waals surface area contributed by atoms with Crippen LogP contribution in [0, 0.1) is 11.6 Å². The van der Waals surface area contributed by atoms with E-state index in [4.69, 9.17) is 0 Å². The predicted molar refractivity (Wildman–Crippen MR) is 84.4 cm³/mol. The lowest BCUT2D eigenvalue weighted by molar-refractivity contribution is -0.137. The second kappa shape index (κ2) is 6.86. The van der Waals surface area contributed by atoms with E-state index in [2.05, 4.69) is 6.58 Å². The average molecular weight is 339 g/mol. The predicted octanol–water partition coefficient (Wildman–Crippen LogP) is 5.65. The van der Waals surface area contributed by atoms with E-state index >= 15 is 0 Å². The van der Waals surface area contributed by atoms with Crippen LogP contribution in [0.1, 0.15) is 11.1 Å². The van der Waals surface area contributed by atoms with E-state index in [0.29, 0.717) is 0 Å². The van der Waals surface area contributed by atoms with E-state index in [1.54, 1.807) is 0 Å². The van der Waals surface area contributed by atoms with Gasteiger partial charge in [-0.2, -0.15) is 13.2 Å². The highest BCUT2D eigenvalue weighted by Gasteiger charge is 2.33. The summed E-state index contributed by atoms with van der Waals surface area (Å²) in [5, 5.41) is 0. The third kappa shape index (κ3) is 3.82. The lowest BCUT2D eigenvalue weighted by Gasteiger charge is -2.17. The summed E-state index contributed by atoms with van der Waals surface area (Å²) < 4.78 is 66.4. The molecule has 0 unspecified atom stereocenters. The molecule has 0 aliphatic rings. The molecule has 2 aromatic carbocycles. The fourth-order valence-electron chi connectivity index (χ4n) is 2.20. The third-order valence-electron chi connectivity index (χ3n) is 3.37. The van der Waals surface area contributed by atoms with Crippen LogP contribution in [0.3, 0.4) is 0 Å². The summed E-state index contributed by atoms with van der Waals surface area (Å²) in [5.41, 5.74) is -1.14. The molecular weight excluding hydrogens is 325 g/mol. The fraction of sp³-hybridized carbons (Fsp3) is 0.111. The Morgan fingerprint density at radius 2 is 1.58 bits per heavy atom. The Kier molecular flexibility index (Phi) is 5.07. The van der Waals surface area contributed by atoms with Crippen LogP contribution in [-0.2, 0) is 6.18 Å². The standard InChI is InChI=1S/C18H14F5N/c1-12(13-6-3-4-7-14(13)18(21,22)23)10-11-24(2)17-15(19)8-5-9-16(17)20/h3-11H,1H2,2H3/b11-10-. The van der Waals surface area contributed by atoms with Gasteiger partial charge < -0.3 is 4.90 Å². The lowest BCUT2D eigenvalue weighted by atomic mass is 10.0. The minimum absolute atomic E-state index is 0.0755. The molecule has 0 saturated carbocycles. The Balaban J connectivity index is 2.29. The molecule has 1 nitrogen and oxygen atoms in total. The van der Waals surface area contributed by atoms with E-state index in [1.807, 2.05) is 0 Å². The SMILES string of the molecule is C=C(/C=C\N(C)c1c(F)cccc1F)c1ccccc1C(F)(F)F. The number of benzene rings is 2. The number of alkyl halides is 3. The molecule has 0 amide bonds. The summed E-state index contributed by atoms with van der Waals surface area (Å²) in [4.78, 5) is 1.14. The van der Waals surface area contributed by atoms with Crippen LogP contribution >= 0.6 is 0 Å². The van der Waals surface area contributed by atoms with Crippen molar-refractivity contribution >= 4 is 11.3 Å². The van der Waals surface area contributed by atoms with Gasteiger partial charge >= 0.3 is 6.18 Å². The highest BCUT2D eigenvalue weighted by molar-refractivity contribution is 5.75. The molecule has 126 valence electrons. The lowest BCUT2D eigenvalue weighted by Crippen LogP contribution is -2.12. The number of hydrogen-bond acceptors (Lipinski definition) is 1. The van der Waals surface area contributed by atoms with Crippen LogP contribution in [0.15, 0.2) is 61.3 Å². The van der Waals surface area contributed by atoms with Gasteiger partial charge in [0.25, 0.3) is 0 Å². The van der Waals surface area contributed by atoms with Gasteiger partial charge in [-0.1, -0.05) is 30.8 Å². The molecule has 0 fully saturated rings. The third-order valence-corrected chi connectivity index (χ3v) is 3.37. The molecule has 0 aliphatic heterocycles. The highest BCUT2D eigenvalue weighted by Crippen LogP contribution is 2.34. The van der Waals surface area contributed by atoms with E-state index in [1.165, 1.54) is 43.6 Å². The first-order chi connectivity index (χ1) is 11.2. The number of allylic oxidation sites excluding steroid dienone is 2. The van der Waals surface area contributed by atoms with Gasteiger partial charge in [0.05, 0.1) is 5.56 Å². The molecule has 0 heterocycles. The van der Waals surface area contributed by atoms with E-state index < -0.39 is 23.4 Å². The van der Waals surface area contributed by atoms with Gasteiger partial charge in [-0.05, 0) is 35.4 Å². The summed E-state index contributed by atoms with van der Waals surface area (Å²) in [7, 11) is 1.39. The number of halogens is 5. The van der Waals surface area contributed by atoms with Crippen LogP contribution in [-0.4, -0.2) is 7.05 Å². The zero-order valence-electron chi connectivity index (χ0n) is 12.7. The van der Waals surface area contributed by atoms with Gasteiger partial charge in [0.15, 0.2) is 0 Å². The fourth-order valence-corrected chi connectivity index (χ4v) is 2.20. The number of para-hydroxylation sites is 1. The minimum Gasteiger partial charge on any atom is -0.346 e. The van der Waals surface area contributed by atoms with Crippen LogP contribution in [0.5, 0.6) is 0 Å². The zero-order valence-corrected chi connectivity index (χ0v) is 12.7. The summed E-state index contributed by atoms with van der Waals surface area (Å²) in [6.07, 6.45) is -1.98. The van der Waals surface area contributed by atoms with E-state index in [0.717, 1.165) is 23.1 Å². The van der Waals surface area contributed by atoms with Crippen LogP contribution in [0.25, 0.3) is 5.57 Å². The van der Waals surface area contributed by atoms with Gasteiger partial charge in [0.2, 0.25) is 0 Å². The summed E-state index contributed by atoms with van der Waals surface area (Å²) in [5.74, 6) is -1.55. The molecule has 0 spiro atoms. The summed E-state index contributed by atoms with van der Waals surface area (Å²) in [6, 6.07) is 8.40. The van der Waals surface area contributed by atoms with Crippen molar-refractivity contribution in [1.29, 1.82) is 0 Å². The van der Waals surface area contributed by atoms with E-state index in [9.17, 15) is 22.0 Å². The first-order valence-electron chi connectivity index (χ1n) is 6.92. The Morgan fingerprint density at radius 3 is 2.17 bits per heavy atom. The van der Waals surface area contributed by atoms with Gasteiger partial charge in [-0.3, -0.25) is 0 Å². The van der Waals surface area contributed by atoms with Crippen LogP contribution < -0.4 is 4.90 Å². The van der Waals surface area contributed by atoms with Gasteiger partial charge in [-0.25, -0.2) is 8.78 Å². The first-order valence-corrected chi connectivity index (χ1v) is 6.92. The summed E-state index contributed by atoms with van der Waals surface area (Å²) in [6.45, 7) is 3.61. The second-order valence-electron chi connectivity index (χ2n) is 5.07. The number of rotatable bonds is 4. The maximum Gasteiger partial charge on any atom is 0.417 e. The number of hydrogen-bond donors (Lipinski definition) is 0. The van der Waals surface area contributed by atoms with Gasteiger partial charge in [0, 0.05) is 13.2 Å². The Hall–Kier alpha value is -2.63. The molecule has 0 N–H and O–H groups in total. The van der Waals surface area contributed by atoms with Crippen molar-refractivity contribution in [2.24, 2.45) is 0 Å². The number of anilines is 1. The maximum atomic E-state index is 13.7. The van der Waals surface area contributed by atoms with Crippen LogP contribution in [0.2, 0.25) is 0 Å². The molecule has 0 bridgehead atoms. The Bertz CT molecular complexity index is 757. The summed E-state index contributed by atoms with van der Waals surface area (Å²) >= 11 is 0. The van der Waals surface area contributed by atoms with E-state index in [-0.39, 0.29) is 16.8 Å².